The first-order chi connectivity index (χ1) is 10.2. The number of hydrogen-bond acceptors (Lipinski definition) is 3. The molecule has 2 unspecified atom stereocenters. The van der Waals surface area contributed by atoms with E-state index >= 15 is 0 Å². The van der Waals surface area contributed by atoms with Crippen molar-refractivity contribution < 1.29 is 4.79 Å². The molecular weight excluding hydrogens is 280 g/mol. The molecule has 1 aliphatic carbocycles. The highest BCUT2D eigenvalue weighted by atomic mass is 32.1. The van der Waals surface area contributed by atoms with Gasteiger partial charge in [-0.25, -0.2) is 0 Å². The number of rotatable bonds is 3. The summed E-state index contributed by atoms with van der Waals surface area (Å²) in [6.07, 6.45) is 6.69. The van der Waals surface area contributed by atoms with E-state index in [1.165, 1.54) is 24.1 Å². The van der Waals surface area contributed by atoms with Crippen LogP contribution in [-0.4, -0.2) is 25.0 Å². The van der Waals surface area contributed by atoms with E-state index < -0.39 is 0 Å². The molecule has 116 valence electrons. The minimum atomic E-state index is -0.253. The molecule has 21 heavy (non-hydrogen) atoms. The lowest BCUT2D eigenvalue weighted by Crippen LogP contribution is -2.54. The Morgan fingerprint density at radius 2 is 2.19 bits per heavy atom. The molecule has 1 aromatic rings. The van der Waals surface area contributed by atoms with Gasteiger partial charge < -0.3 is 10.6 Å². The molecule has 3 nitrogen and oxygen atoms in total. The molecule has 3 rings (SSSR count). The summed E-state index contributed by atoms with van der Waals surface area (Å²) in [6.45, 7) is 4.26. The van der Waals surface area contributed by atoms with Crippen molar-refractivity contribution >= 4 is 17.2 Å². The van der Waals surface area contributed by atoms with E-state index in [2.05, 4.69) is 35.1 Å². The lowest BCUT2D eigenvalue weighted by molar-refractivity contribution is -0.129. The average molecular weight is 306 g/mol. The molecule has 2 aliphatic rings. The minimum absolute atomic E-state index is 0.253. The summed E-state index contributed by atoms with van der Waals surface area (Å²) in [5.74, 6) is 0.801. The quantitative estimate of drug-likeness (QED) is 0.901. The number of carbonyl (C=O) groups is 1. The molecule has 0 bridgehead atoms. The van der Waals surface area contributed by atoms with Crippen molar-refractivity contribution in [2.24, 2.45) is 5.92 Å². The van der Waals surface area contributed by atoms with Gasteiger partial charge in [-0.1, -0.05) is 32.3 Å². The van der Waals surface area contributed by atoms with Crippen molar-refractivity contribution in [3.05, 3.63) is 22.4 Å². The van der Waals surface area contributed by atoms with Crippen molar-refractivity contribution in [1.29, 1.82) is 0 Å². The molecule has 0 radical (unpaired) electrons. The first kappa shape index (κ1) is 15.0. The molecule has 2 atom stereocenters. The van der Waals surface area contributed by atoms with Crippen molar-refractivity contribution in [3.8, 4) is 0 Å². The van der Waals surface area contributed by atoms with Crippen LogP contribution in [0.25, 0.3) is 0 Å². The predicted octanol–water partition coefficient (Wildman–Crippen LogP) is 3.06. The molecule has 2 N–H and O–H groups in total. The molecular formula is C17H26N2OS. The van der Waals surface area contributed by atoms with Crippen molar-refractivity contribution in [2.75, 3.05) is 13.1 Å². The van der Waals surface area contributed by atoms with E-state index in [1.54, 1.807) is 11.3 Å². The van der Waals surface area contributed by atoms with Crippen LogP contribution in [0.1, 0.15) is 50.3 Å². The first-order valence-corrected chi connectivity index (χ1v) is 9.16. The lowest BCUT2D eigenvalue weighted by Gasteiger charge is -2.38. The van der Waals surface area contributed by atoms with Crippen LogP contribution in [-0.2, 0) is 10.2 Å². The van der Waals surface area contributed by atoms with Crippen LogP contribution in [0.15, 0.2) is 17.5 Å². The van der Waals surface area contributed by atoms with Gasteiger partial charge in [-0.15, -0.1) is 11.3 Å². The molecule has 1 amide bonds. The number of thiophene rings is 1. The van der Waals surface area contributed by atoms with Crippen molar-refractivity contribution in [1.82, 2.24) is 10.6 Å². The van der Waals surface area contributed by atoms with Crippen LogP contribution in [0.4, 0.5) is 0 Å². The van der Waals surface area contributed by atoms with Gasteiger partial charge in [0.25, 0.3) is 0 Å². The fourth-order valence-corrected chi connectivity index (χ4v) is 4.81. The predicted molar refractivity (Wildman–Crippen MR) is 87.7 cm³/mol. The van der Waals surface area contributed by atoms with Gasteiger partial charge in [0.2, 0.25) is 5.91 Å². The molecule has 0 aromatic carbocycles. The van der Waals surface area contributed by atoms with Crippen molar-refractivity contribution in [2.45, 2.75) is 56.9 Å². The number of piperidine rings is 1. The number of carbonyl (C=O) groups excluding carboxylic acids is 1. The Kier molecular flexibility index (Phi) is 4.65. The Labute approximate surface area is 131 Å². The monoisotopic (exact) mass is 306 g/mol. The van der Waals surface area contributed by atoms with Gasteiger partial charge in [0.1, 0.15) is 0 Å². The molecule has 2 fully saturated rings. The van der Waals surface area contributed by atoms with Crippen LogP contribution >= 0.6 is 11.3 Å². The average Bonchev–Trinajstić information content (AvgIpc) is 3.05. The summed E-state index contributed by atoms with van der Waals surface area (Å²) in [7, 11) is 0. The van der Waals surface area contributed by atoms with E-state index in [1.807, 2.05) is 0 Å². The van der Waals surface area contributed by atoms with E-state index in [9.17, 15) is 4.79 Å². The van der Waals surface area contributed by atoms with Crippen LogP contribution in [0, 0.1) is 5.92 Å². The van der Waals surface area contributed by atoms with Gasteiger partial charge in [0.15, 0.2) is 0 Å². The summed E-state index contributed by atoms with van der Waals surface area (Å²) in [4.78, 5) is 14.4. The van der Waals surface area contributed by atoms with E-state index in [0.29, 0.717) is 12.0 Å². The summed E-state index contributed by atoms with van der Waals surface area (Å²) in [6, 6.07) is 4.57. The summed E-state index contributed by atoms with van der Waals surface area (Å²) >= 11 is 1.75. The molecule has 1 saturated heterocycles. The van der Waals surface area contributed by atoms with Crippen LogP contribution in [0.3, 0.4) is 0 Å². The highest BCUT2D eigenvalue weighted by molar-refractivity contribution is 7.10. The minimum Gasteiger partial charge on any atom is -0.352 e. The zero-order chi connectivity index (χ0) is 14.7. The second-order valence-electron chi connectivity index (χ2n) is 6.67. The second kappa shape index (κ2) is 6.49. The topological polar surface area (TPSA) is 41.1 Å². The highest BCUT2D eigenvalue weighted by Gasteiger charge is 2.43. The summed E-state index contributed by atoms with van der Waals surface area (Å²) in [5, 5.41) is 8.90. The fourth-order valence-electron chi connectivity index (χ4n) is 3.83. The Morgan fingerprint density at radius 3 is 2.86 bits per heavy atom. The standard InChI is InChI=1S/C17H26N2OS/c1-13-12-18-10-7-14(13)19-16(20)17(8-3-2-4-9-17)15-6-5-11-21-15/h5-6,11,13-14,18H,2-4,7-10,12H2,1H3,(H,19,20). The zero-order valence-corrected chi connectivity index (χ0v) is 13.7. The third kappa shape index (κ3) is 3.02. The molecule has 1 saturated carbocycles. The third-order valence-electron chi connectivity index (χ3n) is 5.24. The molecule has 1 aromatic heterocycles. The largest absolute Gasteiger partial charge is 0.352 e. The molecule has 4 heteroatoms. The lowest BCUT2D eigenvalue weighted by atomic mass is 9.72. The third-order valence-corrected chi connectivity index (χ3v) is 6.31. The first-order valence-electron chi connectivity index (χ1n) is 8.28. The van der Waals surface area contributed by atoms with Gasteiger partial charge in [-0.3, -0.25) is 4.79 Å². The number of nitrogens with one attached hydrogen (secondary N) is 2. The fraction of sp³-hybridized carbons (Fsp3) is 0.706. The Hall–Kier alpha value is -0.870. The smallest absolute Gasteiger partial charge is 0.231 e. The van der Waals surface area contributed by atoms with Crippen molar-refractivity contribution in [3.63, 3.8) is 0 Å². The van der Waals surface area contributed by atoms with E-state index in [4.69, 9.17) is 0 Å². The number of hydrogen-bond donors (Lipinski definition) is 2. The van der Waals surface area contributed by atoms with Gasteiger partial charge in [-0.2, -0.15) is 0 Å². The Balaban J connectivity index is 1.78. The number of amides is 1. The van der Waals surface area contributed by atoms with Gasteiger partial charge >= 0.3 is 0 Å². The molecule has 0 spiro atoms. The van der Waals surface area contributed by atoms with Crippen LogP contribution < -0.4 is 10.6 Å². The zero-order valence-electron chi connectivity index (χ0n) is 12.9. The normalized spacial score (nSPS) is 29.0. The van der Waals surface area contributed by atoms with Gasteiger partial charge in [-0.05, 0) is 49.7 Å². The van der Waals surface area contributed by atoms with Crippen LogP contribution in [0.5, 0.6) is 0 Å². The summed E-state index contributed by atoms with van der Waals surface area (Å²) in [5.41, 5.74) is -0.253. The SMILES string of the molecule is CC1CNCCC1NC(=O)C1(c2cccs2)CCCCC1. The second-order valence-corrected chi connectivity index (χ2v) is 7.62. The van der Waals surface area contributed by atoms with E-state index in [-0.39, 0.29) is 11.3 Å². The van der Waals surface area contributed by atoms with Crippen LogP contribution in [0.2, 0.25) is 0 Å². The maximum atomic E-state index is 13.1. The van der Waals surface area contributed by atoms with Gasteiger partial charge in [0, 0.05) is 10.9 Å². The Morgan fingerprint density at radius 1 is 1.38 bits per heavy atom. The maximum Gasteiger partial charge on any atom is 0.231 e. The summed E-state index contributed by atoms with van der Waals surface area (Å²) < 4.78 is 0. The Bertz CT molecular complexity index is 465. The molecule has 1 aliphatic heterocycles. The molecule has 2 heterocycles. The maximum absolute atomic E-state index is 13.1. The van der Waals surface area contributed by atoms with Gasteiger partial charge in [0.05, 0.1) is 5.41 Å². The highest BCUT2D eigenvalue weighted by Crippen LogP contribution is 2.42. The van der Waals surface area contributed by atoms with E-state index in [0.717, 1.165) is 32.4 Å².